The molecule has 1 amide bonds. The number of ether oxygens (including phenoxy) is 2. The normalized spacial score (nSPS) is 10.5. The van der Waals surface area contributed by atoms with Crippen LogP contribution in [0.1, 0.15) is 20.0 Å². The zero-order valence-electron chi connectivity index (χ0n) is 12.6. The molecule has 0 fully saturated rings. The van der Waals surface area contributed by atoms with Gasteiger partial charge < -0.3 is 20.9 Å². The van der Waals surface area contributed by atoms with E-state index in [4.69, 9.17) is 16.2 Å². The van der Waals surface area contributed by atoms with Gasteiger partial charge in [0.2, 0.25) is 0 Å². The van der Waals surface area contributed by atoms with Gasteiger partial charge in [-0.1, -0.05) is 0 Å². The lowest BCUT2D eigenvalue weighted by molar-refractivity contribution is 0.0600. The molecule has 2 aromatic heterocycles. The number of hydrogen-bond donors (Lipinski definition) is 2. The van der Waals surface area contributed by atoms with E-state index >= 15 is 0 Å². The first kappa shape index (κ1) is 15.8. The van der Waals surface area contributed by atoms with Crippen LogP contribution < -0.4 is 16.2 Å². The number of methoxy groups -OCH3 is 1. The highest BCUT2D eigenvalue weighted by molar-refractivity contribution is 7.21. The Hall–Kier alpha value is -3.13. The number of nitrogens with zero attached hydrogens (tertiary/aromatic N) is 1. The van der Waals surface area contributed by atoms with Crippen LogP contribution in [0.4, 0.5) is 5.69 Å². The van der Waals surface area contributed by atoms with Crippen LogP contribution in [0.5, 0.6) is 11.5 Å². The largest absolute Gasteiger partial charge is 0.465 e. The zero-order valence-corrected chi connectivity index (χ0v) is 13.4. The second-order valence-corrected chi connectivity index (χ2v) is 5.82. The molecule has 4 N–H and O–H groups in total. The van der Waals surface area contributed by atoms with E-state index < -0.39 is 11.9 Å². The molecule has 0 spiro atoms. The first-order valence-corrected chi connectivity index (χ1v) is 7.66. The summed E-state index contributed by atoms with van der Waals surface area (Å²) in [6.45, 7) is 0. The van der Waals surface area contributed by atoms with Crippen LogP contribution >= 0.6 is 11.3 Å². The van der Waals surface area contributed by atoms with Crippen molar-refractivity contribution >= 4 is 39.1 Å². The van der Waals surface area contributed by atoms with Gasteiger partial charge in [-0.3, -0.25) is 4.79 Å². The Morgan fingerprint density at radius 2 is 1.88 bits per heavy atom. The molecule has 2 heterocycles. The fourth-order valence-electron chi connectivity index (χ4n) is 2.19. The number of carbonyl (C=O) groups excluding carboxylic acids is 2. The van der Waals surface area contributed by atoms with Gasteiger partial charge in [-0.15, -0.1) is 11.3 Å². The van der Waals surface area contributed by atoms with Crippen molar-refractivity contribution in [3.05, 3.63) is 47.0 Å². The van der Waals surface area contributed by atoms with E-state index in [1.807, 2.05) is 0 Å². The SMILES string of the molecule is COC(=O)c1ccc(Oc2ccnc3sc(C(N)=O)c(N)c23)cc1. The average molecular weight is 343 g/mol. The molecule has 0 bridgehead atoms. The van der Waals surface area contributed by atoms with Gasteiger partial charge >= 0.3 is 5.97 Å². The highest BCUT2D eigenvalue weighted by atomic mass is 32.1. The maximum Gasteiger partial charge on any atom is 0.337 e. The van der Waals surface area contributed by atoms with Gasteiger partial charge in [-0.05, 0) is 30.3 Å². The maximum absolute atomic E-state index is 11.4. The van der Waals surface area contributed by atoms with Gasteiger partial charge in [0.25, 0.3) is 5.91 Å². The van der Waals surface area contributed by atoms with Crippen molar-refractivity contribution in [2.24, 2.45) is 5.73 Å². The van der Waals surface area contributed by atoms with Gasteiger partial charge in [0.1, 0.15) is 21.2 Å². The standard InChI is InChI=1S/C16H13N3O4S/c1-22-16(21)8-2-4-9(5-3-8)23-10-6-7-19-15-11(10)12(17)13(24-15)14(18)20/h2-7H,17H2,1H3,(H2,18,20). The van der Waals surface area contributed by atoms with E-state index in [1.54, 1.807) is 36.5 Å². The van der Waals surface area contributed by atoms with Crippen molar-refractivity contribution in [1.82, 2.24) is 4.98 Å². The number of thiophene rings is 1. The van der Waals surface area contributed by atoms with Crippen molar-refractivity contribution in [2.45, 2.75) is 0 Å². The van der Waals surface area contributed by atoms with Gasteiger partial charge in [0.05, 0.1) is 23.7 Å². The number of nitrogen functional groups attached to an aromatic ring is 1. The quantitative estimate of drug-likeness (QED) is 0.703. The summed E-state index contributed by atoms with van der Waals surface area (Å²) in [5.41, 5.74) is 12.0. The van der Waals surface area contributed by atoms with Crippen molar-refractivity contribution in [1.29, 1.82) is 0 Å². The Balaban J connectivity index is 1.98. The second kappa shape index (κ2) is 6.17. The molecule has 0 unspecified atom stereocenters. The van der Waals surface area contributed by atoms with Gasteiger partial charge in [-0.2, -0.15) is 0 Å². The highest BCUT2D eigenvalue weighted by Gasteiger charge is 2.18. The average Bonchev–Trinajstić information content (AvgIpc) is 2.93. The third-order valence-corrected chi connectivity index (χ3v) is 4.45. The summed E-state index contributed by atoms with van der Waals surface area (Å²) in [5.74, 6) is -0.0849. The van der Waals surface area contributed by atoms with E-state index in [9.17, 15) is 9.59 Å². The van der Waals surface area contributed by atoms with Crippen LogP contribution in [0.25, 0.3) is 10.2 Å². The lowest BCUT2D eigenvalue weighted by Gasteiger charge is -2.08. The van der Waals surface area contributed by atoms with Crippen molar-refractivity contribution in [3.8, 4) is 11.5 Å². The third-order valence-electron chi connectivity index (χ3n) is 3.32. The Morgan fingerprint density at radius 3 is 2.50 bits per heavy atom. The zero-order chi connectivity index (χ0) is 17.3. The number of rotatable bonds is 4. The topological polar surface area (TPSA) is 118 Å². The van der Waals surface area contributed by atoms with E-state index in [-0.39, 0.29) is 10.6 Å². The Labute approximate surface area is 140 Å². The molecule has 0 aliphatic rings. The number of benzene rings is 1. The Morgan fingerprint density at radius 1 is 1.17 bits per heavy atom. The minimum atomic E-state index is -0.608. The Kier molecular flexibility index (Phi) is 4.05. The minimum absolute atomic E-state index is 0.245. The first-order chi connectivity index (χ1) is 11.5. The number of pyridine rings is 1. The molecule has 24 heavy (non-hydrogen) atoms. The number of esters is 1. The number of aromatic nitrogens is 1. The third kappa shape index (κ3) is 2.74. The summed E-state index contributed by atoms with van der Waals surface area (Å²) in [4.78, 5) is 27.9. The van der Waals surface area contributed by atoms with Crippen molar-refractivity contribution in [3.63, 3.8) is 0 Å². The van der Waals surface area contributed by atoms with Crippen LogP contribution in [-0.4, -0.2) is 24.0 Å². The molecule has 0 saturated heterocycles. The molecule has 0 atom stereocenters. The molecular formula is C16H13N3O4S. The fourth-order valence-corrected chi connectivity index (χ4v) is 3.12. The minimum Gasteiger partial charge on any atom is -0.465 e. The van der Waals surface area contributed by atoms with Crippen LogP contribution in [-0.2, 0) is 4.74 Å². The predicted octanol–water partition coefficient (Wildman–Crippen LogP) is 2.56. The van der Waals surface area contributed by atoms with Crippen molar-refractivity contribution < 1.29 is 19.1 Å². The summed E-state index contributed by atoms with van der Waals surface area (Å²) < 4.78 is 10.5. The number of carbonyl (C=O) groups is 2. The lowest BCUT2D eigenvalue weighted by Crippen LogP contribution is -2.10. The number of nitrogens with two attached hydrogens (primary N) is 2. The van der Waals surface area contributed by atoms with Gasteiger partial charge in [0.15, 0.2) is 0 Å². The fraction of sp³-hybridized carbons (Fsp3) is 0.0625. The van der Waals surface area contributed by atoms with Crippen LogP contribution in [0.15, 0.2) is 36.5 Å². The summed E-state index contributed by atoms with van der Waals surface area (Å²) in [7, 11) is 1.32. The van der Waals surface area contributed by atoms with Crippen LogP contribution in [0.2, 0.25) is 0 Å². The Bertz CT molecular complexity index is 934. The molecule has 0 aliphatic carbocycles. The number of primary amides is 1. The van der Waals surface area contributed by atoms with Crippen LogP contribution in [0.3, 0.4) is 0 Å². The first-order valence-electron chi connectivity index (χ1n) is 6.84. The molecule has 7 nitrogen and oxygen atoms in total. The van der Waals surface area contributed by atoms with E-state index in [0.29, 0.717) is 27.3 Å². The number of anilines is 1. The molecule has 8 heteroatoms. The van der Waals surface area contributed by atoms with Crippen molar-refractivity contribution in [2.75, 3.05) is 12.8 Å². The highest BCUT2D eigenvalue weighted by Crippen LogP contribution is 2.39. The smallest absolute Gasteiger partial charge is 0.337 e. The molecular weight excluding hydrogens is 330 g/mol. The molecule has 3 aromatic rings. The summed E-state index contributed by atoms with van der Waals surface area (Å²) in [6.07, 6.45) is 1.56. The molecule has 122 valence electrons. The molecule has 0 saturated carbocycles. The second-order valence-electron chi connectivity index (χ2n) is 4.82. The predicted molar refractivity (Wildman–Crippen MR) is 90.4 cm³/mol. The molecule has 3 rings (SSSR count). The van der Waals surface area contributed by atoms with Gasteiger partial charge in [0, 0.05) is 6.20 Å². The molecule has 0 radical (unpaired) electrons. The molecule has 0 aliphatic heterocycles. The molecule has 1 aromatic carbocycles. The lowest BCUT2D eigenvalue weighted by atomic mass is 10.2. The number of fused-ring (bicyclic) bond motifs is 1. The summed E-state index contributed by atoms with van der Waals surface area (Å²) in [6, 6.07) is 8.09. The number of hydrogen-bond acceptors (Lipinski definition) is 7. The maximum atomic E-state index is 11.4. The van der Waals surface area contributed by atoms with Crippen LogP contribution in [0, 0.1) is 0 Å². The summed E-state index contributed by atoms with van der Waals surface area (Å²) >= 11 is 1.11. The van der Waals surface area contributed by atoms with E-state index in [2.05, 4.69) is 9.72 Å². The van der Waals surface area contributed by atoms with E-state index in [1.165, 1.54) is 7.11 Å². The summed E-state index contributed by atoms with van der Waals surface area (Å²) in [5, 5.41) is 0.536. The number of amides is 1. The monoisotopic (exact) mass is 343 g/mol. The van der Waals surface area contributed by atoms with Gasteiger partial charge in [-0.25, -0.2) is 9.78 Å². The van der Waals surface area contributed by atoms with E-state index in [0.717, 1.165) is 11.3 Å².